The van der Waals surface area contributed by atoms with Crippen LogP contribution in [0.3, 0.4) is 0 Å². The number of benzene rings is 2. The monoisotopic (exact) mass is 683 g/mol. The Kier molecular flexibility index (Phi) is 8.50. The highest BCUT2D eigenvalue weighted by molar-refractivity contribution is 6.15. The van der Waals surface area contributed by atoms with Gasteiger partial charge in [-0.2, -0.15) is 18.3 Å². The highest BCUT2D eigenvalue weighted by Gasteiger charge is 2.51. The van der Waals surface area contributed by atoms with Gasteiger partial charge in [-0.25, -0.2) is 4.98 Å². The Labute approximate surface area is 286 Å². The van der Waals surface area contributed by atoms with Gasteiger partial charge in [-0.3, -0.25) is 29.6 Å². The predicted molar refractivity (Wildman–Crippen MR) is 182 cm³/mol. The SMILES string of the molecule is Cn1cnc(-c2ccc(C3=CCN(C(=O)CN4CC[C@]5(CCN(c6ccc(N)c(C(=N)c7cnccc7C(F)(F)F)c6)C5=O)C4)CC3)cc2)n1. The van der Waals surface area contributed by atoms with E-state index >= 15 is 0 Å². The molecule has 2 amide bonds. The molecule has 0 bridgehead atoms. The van der Waals surface area contributed by atoms with Gasteiger partial charge in [0.2, 0.25) is 11.8 Å². The van der Waals surface area contributed by atoms with Crippen molar-refractivity contribution in [1.82, 2.24) is 29.5 Å². The maximum atomic E-state index is 13.9. The van der Waals surface area contributed by atoms with Crippen molar-refractivity contribution in [3.63, 3.8) is 0 Å². The Balaban J connectivity index is 0.975. The van der Waals surface area contributed by atoms with Crippen molar-refractivity contribution in [2.75, 3.05) is 49.9 Å². The van der Waals surface area contributed by atoms with E-state index in [2.05, 4.69) is 33.3 Å². The summed E-state index contributed by atoms with van der Waals surface area (Å²) in [5.41, 5.74) is 7.59. The Bertz CT molecular complexity index is 2010. The van der Waals surface area contributed by atoms with Crippen molar-refractivity contribution in [2.24, 2.45) is 12.5 Å². The summed E-state index contributed by atoms with van der Waals surface area (Å²) in [6.07, 6.45) is 3.04. The minimum atomic E-state index is -4.68. The fraction of sp³-hybridized carbons (Fsp3) is 0.333. The molecule has 11 nitrogen and oxygen atoms in total. The second kappa shape index (κ2) is 12.8. The molecule has 3 aliphatic rings. The average molecular weight is 684 g/mol. The van der Waals surface area contributed by atoms with E-state index in [0.717, 1.165) is 36.0 Å². The summed E-state index contributed by atoms with van der Waals surface area (Å²) in [6.45, 7) is 2.81. The van der Waals surface area contributed by atoms with E-state index in [4.69, 9.17) is 11.1 Å². The lowest BCUT2D eigenvalue weighted by Gasteiger charge is -2.29. The van der Waals surface area contributed by atoms with Gasteiger partial charge in [0.05, 0.1) is 23.2 Å². The first kappa shape index (κ1) is 33.1. The third-order valence-electron chi connectivity index (χ3n) is 9.99. The van der Waals surface area contributed by atoms with E-state index in [1.165, 1.54) is 17.7 Å². The molecular weight excluding hydrogens is 647 g/mol. The number of amides is 2. The highest BCUT2D eigenvalue weighted by atomic mass is 19.4. The molecule has 50 heavy (non-hydrogen) atoms. The maximum absolute atomic E-state index is 13.9. The van der Waals surface area contributed by atoms with Crippen molar-refractivity contribution in [1.29, 1.82) is 5.41 Å². The van der Waals surface area contributed by atoms with Crippen molar-refractivity contribution >= 4 is 34.5 Å². The van der Waals surface area contributed by atoms with Crippen LogP contribution in [0.1, 0.15) is 41.5 Å². The molecule has 4 aromatic rings. The molecule has 2 saturated heterocycles. The number of carbonyl (C=O) groups excluding carboxylic acids is 2. The standard InChI is InChI=1S/C36H36F3N9O2/c1-45-22-43-33(44-45)25-4-2-23(3-5-25)24-9-14-47(15-10-24)31(49)20-46-16-11-35(21-46)12-17-48(34(35)50)26-6-7-30(40)27(18-26)32(41)28-19-42-13-8-29(28)36(37,38)39/h2-9,13,18-19,22,41H,10-12,14-17,20-21,40H2,1H3/t35-/m0/s1. The number of hydrogen-bond donors (Lipinski definition) is 2. The van der Waals surface area contributed by atoms with Gasteiger partial charge < -0.3 is 15.5 Å². The number of aryl methyl sites for hydroxylation is 1. The van der Waals surface area contributed by atoms with E-state index in [9.17, 15) is 22.8 Å². The number of aromatic nitrogens is 4. The normalized spacial score (nSPS) is 19.8. The van der Waals surface area contributed by atoms with Crippen LogP contribution in [0.4, 0.5) is 24.5 Å². The summed E-state index contributed by atoms with van der Waals surface area (Å²) in [5, 5.41) is 13.0. The second-order valence-corrected chi connectivity index (χ2v) is 13.2. The number of hydrogen-bond acceptors (Lipinski definition) is 8. The molecule has 0 aliphatic carbocycles. The van der Waals surface area contributed by atoms with Crippen LogP contribution >= 0.6 is 0 Å². The van der Waals surface area contributed by atoms with Crippen LogP contribution in [0, 0.1) is 10.8 Å². The molecule has 258 valence electrons. The minimum Gasteiger partial charge on any atom is -0.398 e. The summed E-state index contributed by atoms with van der Waals surface area (Å²) in [5.74, 6) is 0.599. The van der Waals surface area contributed by atoms with Gasteiger partial charge >= 0.3 is 6.18 Å². The number of nitrogens with zero attached hydrogens (tertiary/aromatic N) is 7. The lowest BCUT2D eigenvalue weighted by molar-refractivity contribution is -0.137. The van der Waals surface area contributed by atoms with E-state index in [1.54, 1.807) is 22.0 Å². The summed E-state index contributed by atoms with van der Waals surface area (Å²) in [4.78, 5) is 40.8. The van der Waals surface area contributed by atoms with Crippen LogP contribution in [0.2, 0.25) is 0 Å². The number of anilines is 2. The number of carbonyl (C=O) groups is 2. The molecule has 14 heteroatoms. The van der Waals surface area contributed by atoms with Gasteiger partial charge in [0, 0.05) is 73.7 Å². The van der Waals surface area contributed by atoms with E-state index in [0.29, 0.717) is 57.1 Å². The Morgan fingerprint density at radius 2 is 1.78 bits per heavy atom. The molecule has 7 rings (SSSR count). The molecule has 1 spiro atoms. The molecule has 2 fully saturated rings. The first-order chi connectivity index (χ1) is 23.9. The van der Waals surface area contributed by atoms with Gasteiger partial charge in [0.25, 0.3) is 0 Å². The molecule has 0 radical (unpaired) electrons. The number of pyridine rings is 1. The first-order valence-corrected chi connectivity index (χ1v) is 16.4. The zero-order valence-corrected chi connectivity index (χ0v) is 27.5. The Hall–Kier alpha value is -5.37. The Morgan fingerprint density at radius 1 is 1.02 bits per heavy atom. The van der Waals surface area contributed by atoms with Crippen LogP contribution in [0.15, 0.2) is 73.3 Å². The zero-order valence-electron chi connectivity index (χ0n) is 27.5. The average Bonchev–Trinajstić information content (AvgIpc) is 3.83. The van der Waals surface area contributed by atoms with Crippen LogP contribution in [-0.2, 0) is 22.8 Å². The van der Waals surface area contributed by atoms with Crippen LogP contribution < -0.4 is 10.6 Å². The summed E-state index contributed by atoms with van der Waals surface area (Å²) < 4.78 is 42.7. The zero-order chi connectivity index (χ0) is 35.2. The minimum absolute atomic E-state index is 0.0199. The van der Waals surface area contributed by atoms with Gasteiger partial charge in [-0.05, 0) is 61.2 Å². The number of halogens is 3. The fourth-order valence-corrected chi connectivity index (χ4v) is 7.21. The molecule has 2 aromatic heterocycles. The molecule has 5 heterocycles. The lowest BCUT2D eigenvalue weighted by atomic mass is 9.85. The molecule has 3 aliphatic heterocycles. The lowest BCUT2D eigenvalue weighted by Crippen LogP contribution is -2.43. The molecule has 0 unspecified atom stereocenters. The van der Waals surface area contributed by atoms with Crippen molar-refractivity contribution in [3.8, 4) is 11.4 Å². The van der Waals surface area contributed by atoms with Crippen LogP contribution in [-0.4, -0.2) is 86.3 Å². The topological polar surface area (TPSA) is 137 Å². The molecule has 1 atom stereocenters. The third kappa shape index (κ3) is 6.26. The molecule has 0 saturated carbocycles. The van der Waals surface area contributed by atoms with E-state index in [-0.39, 0.29) is 29.6 Å². The highest BCUT2D eigenvalue weighted by Crippen LogP contribution is 2.43. The van der Waals surface area contributed by atoms with E-state index in [1.807, 2.05) is 29.0 Å². The summed E-state index contributed by atoms with van der Waals surface area (Å²) in [7, 11) is 1.83. The number of nitrogens with two attached hydrogens (primary N) is 1. The predicted octanol–water partition coefficient (Wildman–Crippen LogP) is 4.64. The smallest absolute Gasteiger partial charge is 0.398 e. The number of nitrogen functional groups attached to an aromatic ring is 1. The van der Waals surface area contributed by atoms with Crippen LogP contribution in [0.5, 0.6) is 0 Å². The first-order valence-electron chi connectivity index (χ1n) is 16.4. The molecular formula is C36H36F3N9O2. The third-order valence-corrected chi connectivity index (χ3v) is 9.99. The number of likely N-dealkylation sites (tertiary alicyclic amines) is 1. The number of alkyl halides is 3. The van der Waals surface area contributed by atoms with Crippen molar-refractivity contribution in [3.05, 3.63) is 95.6 Å². The quantitative estimate of drug-likeness (QED) is 0.214. The Morgan fingerprint density at radius 3 is 2.48 bits per heavy atom. The van der Waals surface area contributed by atoms with Gasteiger partial charge in [-0.1, -0.05) is 30.3 Å². The summed E-state index contributed by atoms with van der Waals surface area (Å²) in [6, 6.07) is 13.6. The molecule has 3 N–H and O–H groups in total. The van der Waals surface area contributed by atoms with Crippen molar-refractivity contribution < 1.29 is 22.8 Å². The fourth-order valence-electron chi connectivity index (χ4n) is 7.21. The number of nitrogens with one attached hydrogen (secondary N) is 1. The van der Waals surface area contributed by atoms with Crippen LogP contribution in [0.25, 0.3) is 17.0 Å². The van der Waals surface area contributed by atoms with Crippen molar-refractivity contribution in [2.45, 2.75) is 25.4 Å². The second-order valence-electron chi connectivity index (χ2n) is 13.2. The molecule has 2 aromatic carbocycles. The largest absolute Gasteiger partial charge is 0.417 e. The van der Waals surface area contributed by atoms with Gasteiger partial charge in [0.15, 0.2) is 5.82 Å². The number of rotatable bonds is 7. The summed E-state index contributed by atoms with van der Waals surface area (Å²) >= 11 is 0. The van der Waals surface area contributed by atoms with Gasteiger partial charge in [0.1, 0.15) is 6.33 Å². The van der Waals surface area contributed by atoms with Gasteiger partial charge in [-0.15, -0.1) is 0 Å². The maximum Gasteiger partial charge on any atom is 0.417 e. The van der Waals surface area contributed by atoms with E-state index < -0.39 is 28.4 Å².